The number of halogens is 1. The third kappa shape index (κ3) is 7.43. The van der Waals surface area contributed by atoms with Gasteiger partial charge in [-0.05, 0) is 106 Å². The molecule has 4 aliphatic carbocycles. The van der Waals surface area contributed by atoms with E-state index in [1.165, 1.54) is 25.3 Å². The van der Waals surface area contributed by atoms with Gasteiger partial charge in [-0.1, -0.05) is 31.2 Å². The van der Waals surface area contributed by atoms with E-state index in [0.717, 1.165) is 50.6 Å². The molecule has 1 heterocycles. The zero-order valence-electron chi connectivity index (χ0n) is 22.8. The van der Waals surface area contributed by atoms with Crippen molar-refractivity contribution in [2.45, 2.75) is 89.2 Å². The summed E-state index contributed by atoms with van der Waals surface area (Å²) in [7, 11) is 0. The van der Waals surface area contributed by atoms with E-state index in [4.69, 9.17) is 9.47 Å². The van der Waals surface area contributed by atoms with Gasteiger partial charge in [0.25, 0.3) is 0 Å². The molecule has 1 aliphatic heterocycles. The quantitative estimate of drug-likeness (QED) is 0.255. The third-order valence-corrected chi connectivity index (χ3v) is 9.21. The van der Waals surface area contributed by atoms with E-state index in [-0.39, 0.29) is 36.4 Å². The first-order valence-corrected chi connectivity index (χ1v) is 14.5. The number of ether oxygens (including phenoxy) is 2. The predicted octanol–water partition coefficient (Wildman–Crippen LogP) is 6.01. The summed E-state index contributed by atoms with van der Waals surface area (Å²) in [5, 5.41) is 5.98. The summed E-state index contributed by atoms with van der Waals surface area (Å²) in [6.45, 7) is 4.52. The normalized spacial score (nSPS) is 29.5. The number of carbonyl (C=O) groups excluding carboxylic acids is 3. The van der Waals surface area contributed by atoms with Crippen molar-refractivity contribution in [1.82, 2.24) is 5.32 Å². The zero-order chi connectivity index (χ0) is 26.5. The van der Waals surface area contributed by atoms with Crippen molar-refractivity contribution in [2.24, 2.45) is 23.2 Å². The van der Waals surface area contributed by atoms with Gasteiger partial charge in [-0.25, -0.2) is 4.79 Å². The fourth-order valence-corrected chi connectivity index (χ4v) is 7.75. The topological polar surface area (TPSA) is 93.7 Å². The van der Waals surface area contributed by atoms with Gasteiger partial charge >= 0.3 is 12.1 Å². The van der Waals surface area contributed by atoms with Gasteiger partial charge in [-0.15, -0.1) is 12.4 Å². The number of piperidine rings is 1. The van der Waals surface area contributed by atoms with Crippen molar-refractivity contribution in [3.63, 3.8) is 0 Å². The summed E-state index contributed by atoms with van der Waals surface area (Å²) < 4.78 is 11.0. The van der Waals surface area contributed by atoms with Gasteiger partial charge in [0.2, 0.25) is 0 Å². The Morgan fingerprint density at radius 3 is 2.31 bits per heavy atom. The van der Waals surface area contributed by atoms with Crippen LogP contribution in [0.1, 0.15) is 76.2 Å². The number of aryl methyl sites for hydroxylation is 1. The lowest BCUT2D eigenvalue weighted by Crippen LogP contribution is -2.51. The molecule has 4 bridgehead atoms. The lowest BCUT2D eigenvalue weighted by molar-refractivity contribution is -0.157. The molecule has 1 saturated heterocycles. The van der Waals surface area contributed by atoms with Gasteiger partial charge < -0.3 is 14.8 Å². The number of carbonyl (C=O) groups is 3. The Bertz CT molecular complexity index is 985. The minimum absolute atomic E-state index is 0. The van der Waals surface area contributed by atoms with Crippen LogP contribution in [0.5, 0.6) is 0 Å². The second-order valence-corrected chi connectivity index (χ2v) is 12.1. The van der Waals surface area contributed by atoms with Gasteiger partial charge in [-0.3, -0.25) is 14.9 Å². The van der Waals surface area contributed by atoms with Crippen molar-refractivity contribution < 1.29 is 23.9 Å². The first kappa shape index (κ1) is 29.6. The molecule has 1 unspecified atom stereocenters. The number of rotatable bonds is 11. The molecule has 5 fully saturated rings. The Morgan fingerprint density at radius 1 is 1.05 bits per heavy atom. The van der Waals surface area contributed by atoms with Crippen LogP contribution in [0.25, 0.3) is 0 Å². The molecule has 0 aromatic heterocycles. The highest BCUT2D eigenvalue weighted by Crippen LogP contribution is 2.60. The number of anilines is 1. The number of esters is 1. The van der Waals surface area contributed by atoms with Crippen LogP contribution in [-0.4, -0.2) is 43.1 Å². The van der Waals surface area contributed by atoms with Crippen LogP contribution in [0.15, 0.2) is 36.9 Å². The van der Waals surface area contributed by atoms with Crippen LogP contribution in [0.2, 0.25) is 0 Å². The van der Waals surface area contributed by atoms with Crippen molar-refractivity contribution in [3.8, 4) is 0 Å². The minimum Gasteiger partial charge on any atom is -0.461 e. The van der Waals surface area contributed by atoms with E-state index < -0.39 is 12.2 Å². The molecular formula is C31H43ClN2O5. The van der Waals surface area contributed by atoms with Gasteiger partial charge in [-0.2, -0.15) is 0 Å². The Hall–Kier alpha value is -2.38. The molecule has 1 amide bonds. The molecule has 1 aromatic carbocycles. The summed E-state index contributed by atoms with van der Waals surface area (Å²) in [5.41, 5.74) is 1.52. The number of hydrogen-bond acceptors (Lipinski definition) is 6. The lowest BCUT2D eigenvalue weighted by atomic mass is 9.48. The third-order valence-electron chi connectivity index (χ3n) is 9.21. The maximum Gasteiger partial charge on any atom is 0.411 e. The second kappa shape index (κ2) is 13.3. The molecule has 2 atom stereocenters. The van der Waals surface area contributed by atoms with Gasteiger partial charge in [0.1, 0.15) is 24.5 Å². The molecule has 0 radical (unpaired) electrons. The standard InChI is InChI=1S/C31H42N2O5.ClH/c1-2-13-37-30(36)33-25-9-6-21(7-10-25)8-11-26(38-29(35)27-5-3-4-12-32-27)17-28(34)31-18-22-14-23(19-31)16-24(15-22)20-31;/h2,6-7,9-10,22-24,26-27,32H,1,3-5,8,11-20H2,(H,33,36);1H/t22?,23?,24?,26?,27-,31?;/m0./s1. The van der Waals surface area contributed by atoms with Crippen LogP contribution in [0, 0.1) is 23.2 Å². The van der Waals surface area contributed by atoms with Crippen LogP contribution < -0.4 is 10.6 Å². The monoisotopic (exact) mass is 558 g/mol. The first-order chi connectivity index (χ1) is 18.4. The van der Waals surface area contributed by atoms with Crippen LogP contribution in [0.4, 0.5) is 10.5 Å². The van der Waals surface area contributed by atoms with Crippen molar-refractivity contribution in [1.29, 1.82) is 0 Å². The molecule has 6 rings (SSSR count). The summed E-state index contributed by atoms with van der Waals surface area (Å²) in [4.78, 5) is 38.6. The number of ketones is 1. The minimum atomic E-state index is -0.524. The molecule has 5 aliphatic rings. The Labute approximate surface area is 238 Å². The average Bonchev–Trinajstić information content (AvgIpc) is 2.91. The Morgan fingerprint density at radius 2 is 1.72 bits per heavy atom. The average molecular weight is 559 g/mol. The molecule has 8 heteroatoms. The highest BCUT2D eigenvalue weighted by atomic mass is 35.5. The molecule has 7 nitrogen and oxygen atoms in total. The van der Waals surface area contributed by atoms with Gasteiger partial charge in [0.05, 0.1) is 0 Å². The molecule has 214 valence electrons. The van der Waals surface area contributed by atoms with Crippen LogP contribution >= 0.6 is 12.4 Å². The molecule has 0 spiro atoms. The summed E-state index contributed by atoms with van der Waals surface area (Å²) in [6.07, 6.45) is 12.1. The maximum atomic E-state index is 13.8. The summed E-state index contributed by atoms with van der Waals surface area (Å²) >= 11 is 0. The molecule has 39 heavy (non-hydrogen) atoms. The van der Waals surface area contributed by atoms with E-state index in [2.05, 4.69) is 17.2 Å². The van der Waals surface area contributed by atoms with Crippen LogP contribution in [-0.2, 0) is 25.5 Å². The molecule has 4 saturated carbocycles. The van der Waals surface area contributed by atoms with E-state index in [0.29, 0.717) is 48.5 Å². The maximum absolute atomic E-state index is 13.8. The van der Waals surface area contributed by atoms with Gasteiger partial charge in [0, 0.05) is 17.5 Å². The van der Waals surface area contributed by atoms with E-state index in [1.54, 1.807) is 0 Å². The fraction of sp³-hybridized carbons (Fsp3) is 0.645. The number of hydrogen-bond donors (Lipinski definition) is 2. The van der Waals surface area contributed by atoms with Crippen molar-refractivity contribution in [3.05, 3.63) is 42.5 Å². The SMILES string of the molecule is C=CCOC(=O)Nc1ccc(CCC(CC(=O)C23CC4CC(CC(C4)C2)C3)OC(=O)[C@@H]2CCCCN2)cc1.Cl. The highest BCUT2D eigenvalue weighted by Gasteiger charge is 2.54. The van der Waals surface area contributed by atoms with E-state index in [1.807, 2.05) is 24.3 Å². The highest BCUT2D eigenvalue weighted by molar-refractivity contribution is 5.86. The Kier molecular flexibility index (Phi) is 10.1. The molecule has 1 aromatic rings. The van der Waals surface area contributed by atoms with Gasteiger partial charge in [0.15, 0.2) is 0 Å². The summed E-state index contributed by atoms with van der Waals surface area (Å²) in [5.74, 6) is 2.23. The fourth-order valence-electron chi connectivity index (χ4n) is 7.75. The predicted molar refractivity (Wildman–Crippen MR) is 153 cm³/mol. The first-order valence-electron chi connectivity index (χ1n) is 14.5. The largest absolute Gasteiger partial charge is 0.461 e. The molecule has 2 N–H and O–H groups in total. The van der Waals surface area contributed by atoms with Crippen molar-refractivity contribution in [2.75, 3.05) is 18.5 Å². The van der Waals surface area contributed by atoms with Crippen molar-refractivity contribution >= 4 is 35.9 Å². The summed E-state index contributed by atoms with van der Waals surface area (Å²) in [6, 6.07) is 7.29. The number of benzene rings is 1. The Balaban J connectivity index is 0.00000353. The van der Waals surface area contributed by atoms with E-state index in [9.17, 15) is 14.4 Å². The zero-order valence-corrected chi connectivity index (χ0v) is 23.6. The number of nitrogens with one attached hydrogen (secondary N) is 2. The van der Waals surface area contributed by atoms with Crippen LogP contribution in [0.3, 0.4) is 0 Å². The lowest BCUT2D eigenvalue weighted by Gasteiger charge is -2.56. The number of amides is 1. The van der Waals surface area contributed by atoms with E-state index >= 15 is 0 Å². The smallest absolute Gasteiger partial charge is 0.411 e. The second-order valence-electron chi connectivity index (χ2n) is 12.1. The number of Topliss-reactive ketones (excluding diaryl/α,β-unsaturated/α-hetero) is 1. The molecular weight excluding hydrogens is 516 g/mol.